The van der Waals surface area contributed by atoms with Crippen molar-refractivity contribution in [2.24, 2.45) is 11.8 Å². The third-order valence-corrected chi connectivity index (χ3v) is 7.77. The summed E-state index contributed by atoms with van der Waals surface area (Å²) >= 11 is 0. The Morgan fingerprint density at radius 1 is 1.13 bits per heavy atom. The molecule has 2 fully saturated rings. The van der Waals surface area contributed by atoms with Gasteiger partial charge in [-0.2, -0.15) is 0 Å². The van der Waals surface area contributed by atoms with Crippen LogP contribution in [0.25, 0.3) is 0 Å². The summed E-state index contributed by atoms with van der Waals surface area (Å²) in [4.78, 5) is 11.6. The lowest BCUT2D eigenvalue weighted by atomic mass is 9.88. The summed E-state index contributed by atoms with van der Waals surface area (Å²) in [7, 11) is -2.90. The second-order valence-corrected chi connectivity index (χ2v) is 9.69. The first-order valence-corrected chi connectivity index (χ1v) is 11.2. The van der Waals surface area contributed by atoms with Crippen LogP contribution in [0.2, 0.25) is 0 Å². The molecule has 2 saturated carbocycles. The molecule has 0 aromatic carbocycles. The Morgan fingerprint density at radius 3 is 2.30 bits per heavy atom. The van der Waals surface area contributed by atoms with Crippen LogP contribution in [-0.2, 0) is 13.9 Å². The number of carboxylic acids is 1. The minimum Gasteiger partial charge on any atom is -0.478 e. The summed E-state index contributed by atoms with van der Waals surface area (Å²) in [5, 5.41) is 9.55. The van der Waals surface area contributed by atoms with Crippen molar-refractivity contribution < 1.29 is 19.0 Å². The van der Waals surface area contributed by atoms with Gasteiger partial charge in [0.05, 0.1) is 12.8 Å². The van der Waals surface area contributed by atoms with Gasteiger partial charge in [-0.15, -0.1) is 0 Å². The number of hydrogen-bond acceptors (Lipinski definition) is 3. The van der Waals surface area contributed by atoms with Crippen LogP contribution in [0.1, 0.15) is 64.7 Å². The van der Waals surface area contributed by atoms with Crippen molar-refractivity contribution in [2.45, 2.75) is 64.7 Å². The maximum atomic E-state index is 13.2. The highest BCUT2D eigenvalue weighted by atomic mass is 31.2. The van der Waals surface area contributed by atoms with E-state index in [1.165, 1.54) is 32.1 Å². The molecular formula is C18H31O4P. The number of carboxylic acid groups (broad SMARTS) is 1. The molecule has 0 aromatic heterocycles. The highest BCUT2D eigenvalue weighted by Crippen LogP contribution is 2.52. The normalized spacial score (nSPS) is 23.8. The minimum atomic E-state index is -2.90. The standard InChI is InChI=1S/C18H31O4P/c1-2-22-23(21,13-16-10-6-7-11-16)14-17(18(19)20)12-15-8-4-3-5-9-15/h12,15-16H,2-11,13-14H2,1H3,(H,19,20). The molecule has 0 spiro atoms. The fourth-order valence-electron chi connectivity index (χ4n) is 4.02. The largest absolute Gasteiger partial charge is 0.478 e. The molecule has 23 heavy (non-hydrogen) atoms. The van der Waals surface area contributed by atoms with Crippen molar-refractivity contribution in [1.29, 1.82) is 0 Å². The van der Waals surface area contributed by atoms with Crippen LogP contribution in [0.5, 0.6) is 0 Å². The van der Waals surface area contributed by atoms with Crippen molar-refractivity contribution in [1.82, 2.24) is 0 Å². The van der Waals surface area contributed by atoms with Crippen molar-refractivity contribution in [2.75, 3.05) is 18.9 Å². The zero-order valence-corrected chi connectivity index (χ0v) is 15.2. The molecular weight excluding hydrogens is 311 g/mol. The van der Waals surface area contributed by atoms with Gasteiger partial charge in [0, 0.05) is 11.7 Å². The smallest absolute Gasteiger partial charge is 0.331 e. The zero-order valence-electron chi connectivity index (χ0n) is 14.3. The van der Waals surface area contributed by atoms with Gasteiger partial charge < -0.3 is 9.63 Å². The molecule has 0 radical (unpaired) electrons. The summed E-state index contributed by atoms with van der Waals surface area (Å²) in [6.45, 7) is 2.23. The molecule has 0 amide bonds. The van der Waals surface area contributed by atoms with E-state index in [9.17, 15) is 14.5 Å². The van der Waals surface area contributed by atoms with Crippen LogP contribution >= 0.6 is 7.37 Å². The first-order chi connectivity index (χ1) is 11.0. The lowest BCUT2D eigenvalue weighted by molar-refractivity contribution is -0.132. The Morgan fingerprint density at radius 2 is 1.74 bits per heavy atom. The Hall–Kier alpha value is -0.600. The molecule has 0 aromatic rings. The van der Waals surface area contributed by atoms with Crippen molar-refractivity contribution in [3.8, 4) is 0 Å². The van der Waals surface area contributed by atoms with Gasteiger partial charge in [-0.25, -0.2) is 4.79 Å². The SMILES string of the molecule is CCOP(=O)(CC(=CC1CCCCC1)C(=O)O)CC1CCCC1. The molecule has 0 aliphatic heterocycles. The van der Waals surface area contributed by atoms with E-state index >= 15 is 0 Å². The Labute approximate surface area is 140 Å². The van der Waals surface area contributed by atoms with Gasteiger partial charge >= 0.3 is 5.97 Å². The topological polar surface area (TPSA) is 63.6 Å². The number of carbonyl (C=O) groups is 1. The van der Waals surface area contributed by atoms with Gasteiger partial charge in [0.15, 0.2) is 0 Å². The van der Waals surface area contributed by atoms with Gasteiger partial charge in [-0.3, -0.25) is 4.57 Å². The quantitative estimate of drug-likeness (QED) is 0.493. The van der Waals surface area contributed by atoms with Crippen LogP contribution in [0.15, 0.2) is 11.6 Å². The molecule has 1 atom stereocenters. The lowest BCUT2D eigenvalue weighted by Crippen LogP contribution is -2.15. The van der Waals surface area contributed by atoms with Crippen molar-refractivity contribution >= 4 is 13.3 Å². The van der Waals surface area contributed by atoms with E-state index in [0.717, 1.165) is 25.7 Å². The Bertz CT molecular complexity index is 460. The second-order valence-electron chi connectivity index (χ2n) is 7.12. The summed E-state index contributed by atoms with van der Waals surface area (Å²) in [6, 6.07) is 0. The Kier molecular flexibility index (Phi) is 7.36. The molecule has 5 heteroatoms. The molecule has 1 unspecified atom stereocenters. The van der Waals surface area contributed by atoms with Crippen LogP contribution < -0.4 is 0 Å². The minimum absolute atomic E-state index is 0.100. The maximum absolute atomic E-state index is 13.2. The highest BCUT2D eigenvalue weighted by molar-refractivity contribution is 7.59. The van der Waals surface area contributed by atoms with E-state index in [-0.39, 0.29) is 6.16 Å². The number of aliphatic carboxylic acids is 1. The van der Waals surface area contributed by atoms with E-state index in [1.54, 1.807) is 0 Å². The third-order valence-electron chi connectivity index (χ3n) is 5.15. The number of hydrogen-bond donors (Lipinski definition) is 1. The molecule has 1 N–H and O–H groups in total. The van der Waals surface area contributed by atoms with Crippen LogP contribution in [0.3, 0.4) is 0 Å². The molecule has 2 aliphatic rings. The average Bonchev–Trinajstić information content (AvgIpc) is 3.00. The summed E-state index contributed by atoms with van der Waals surface area (Å²) in [6.07, 6.45) is 12.8. The van der Waals surface area contributed by atoms with Crippen LogP contribution in [0.4, 0.5) is 0 Å². The molecule has 4 nitrogen and oxygen atoms in total. The predicted molar refractivity (Wildman–Crippen MR) is 93.2 cm³/mol. The first kappa shape index (κ1) is 18.7. The van der Waals surface area contributed by atoms with Gasteiger partial charge in [-0.05, 0) is 44.4 Å². The summed E-state index contributed by atoms with van der Waals surface area (Å²) < 4.78 is 18.8. The van der Waals surface area contributed by atoms with Gasteiger partial charge in [0.1, 0.15) is 0 Å². The fourth-order valence-corrected chi connectivity index (χ4v) is 6.73. The second kappa shape index (κ2) is 9.03. The lowest BCUT2D eigenvalue weighted by Gasteiger charge is -2.23. The Balaban J connectivity index is 2.07. The molecule has 0 saturated heterocycles. The van der Waals surface area contributed by atoms with Crippen molar-refractivity contribution in [3.05, 3.63) is 11.6 Å². The number of allylic oxidation sites excluding steroid dienone is 1. The molecule has 0 heterocycles. The average molecular weight is 342 g/mol. The van der Waals surface area contributed by atoms with Crippen molar-refractivity contribution in [3.63, 3.8) is 0 Å². The monoisotopic (exact) mass is 342 g/mol. The summed E-state index contributed by atoms with van der Waals surface area (Å²) in [5.74, 6) is -0.157. The van der Waals surface area contributed by atoms with Gasteiger partial charge in [-0.1, -0.05) is 38.2 Å². The first-order valence-electron chi connectivity index (χ1n) is 9.19. The van der Waals surface area contributed by atoms with E-state index < -0.39 is 13.3 Å². The van der Waals surface area contributed by atoms with Crippen LogP contribution in [-0.4, -0.2) is 30.0 Å². The maximum Gasteiger partial charge on any atom is 0.331 e. The van der Waals surface area contributed by atoms with Gasteiger partial charge in [0.2, 0.25) is 7.37 Å². The fraction of sp³-hybridized carbons (Fsp3) is 0.833. The van der Waals surface area contributed by atoms with Gasteiger partial charge in [0.25, 0.3) is 0 Å². The third kappa shape index (κ3) is 6.08. The van der Waals surface area contributed by atoms with E-state index in [0.29, 0.717) is 30.2 Å². The highest BCUT2D eigenvalue weighted by Gasteiger charge is 2.32. The molecule has 0 bridgehead atoms. The molecule has 2 rings (SSSR count). The zero-order chi connectivity index (χ0) is 16.7. The van der Waals surface area contributed by atoms with E-state index in [2.05, 4.69) is 0 Å². The predicted octanol–water partition coefficient (Wildman–Crippen LogP) is 5.08. The molecule has 2 aliphatic carbocycles. The van der Waals surface area contributed by atoms with E-state index in [1.807, 2.05) is 13.0 Å². The number of rotatable bonds is 8. The summed E-state index contributed by atoms with van der Waals surface area (Å²) in [5.41, 5.74) is 0.312. The van der Waals surface area contributed by atoms with Crippen LogP contribution in [0, 0.1) is 11.8 Å². The molecule has 132 valence electrons. The van der Waals surface area contributed by atoms with E-state index in [4.69, 9.17) is 4.52 Å².